The molecule has 0 heterocycles. The Morgan fingerprint density at radius 2 is 1.32 bits per heavy atom. The third-order valence-electron chi connectivity index (χ3n) is 4.05. The molecule has 1 aliphatic rings. The van der Waals surface area contributed by atoms with Crippen molar-refractivity contribution < 1.29 is 9.59 Å². The first-order valence-electron chi connectivity index (χ1n) is 6.31. The predicted octanol–water partition coefficient (Wildman–Crippen LogP) is 3.39. The van der Waals surface area contributed by atoms with Gasteiger partial charge < -0.3 is 0 Å². The molecule has 2 nitrogen and oxygen atoms in total. The summed E-state index contributed by atoms with van der Waals surface area (Å²) in [6.07, 6.45) is 0. The van der Waals surface area contributed by atoms with Crippen molar-refractivity contribution in [2.24, 2.45) is 0 Å². The average molecular weight is 250 g/mol. The first kappa shape index (κ1) is 11.8. The number of benzene rings is 2. The number of fused-ring (bicyclic) bond motifs is 2. The van der Waals surface area contributed by atoms with Crippen LogP contribution in [0.25, 0.3) is 0 Å². The molecule has 94 valence electrons. The molecule has 0 unspecified atom stereocenters. The number of carbonyl (C=O) groups is 2. The van der Waals surface area contributed by atoms with Gasteiger partial charge in [-0.15, -0.1) is 0 Å². The molecule has 0 saturated heterocycles. The van der Waals surface area contributed by atoms with Crippen LogP contribution in [0, 0.1) is 20.8 Å². The number of ketones is 2. The van der Waals surface area contributed by atoms with E-state index in [4.69, 9.17) is 0 Å². The summed E-state index contributed by atoms with van der Waals surface area (Å²) in [7, 11) is 0. The molecule has 0 spiro atoms. The third-order valence-corrected chi connectivity index (χ3v) is 4.05. The van der Waals surface area contributed by atoms with Crippen molar-refractivity contribution in [3.8, 4) is 0 Å². The fourth-order valence-corrected chi connectivity index (χ4v) is 2.71. The maximum atomic E-state index is 12.6. The van der Waals surface area contributed by atoms with Crippen LogP contribution in [-0.2, 0) is 0 Å². The van der Waals surface area contributed by atoms with Crippen molar-refractivity contribution in [2.45, 2.75) is 20.8 Å². The quantitative estimate of drug-likeness (QED) is 0.613. The van der Waals surface area contributed by atoms with Gasteiger partial charge in [0.15, 0.2) is 11.6 Å². The molecule has 0 aliphatic heterocycles. The Balaban J connectivity index is 2.40. The van der Waals surface area contributed by atoms with E-state index in [0.29, 0.717) is 22.3 Å². The van der Waals surface area contributed by atoms with Gasteiger partial charge in [0.2, 0.25) is 0 Å². The highest BCUT2D eigenvalue weighted by molar-refractivity contribution is 6.29. The standard InChI is InChI=1S/C17H14O2/c1-9-8-14-15(11(3)10(9)2)17(19)13-7-5-4-6-12(13)16(14)18/h4-8H,1-3H3. The van der Waals surface area contributed by atoms with Gasteiger partial charge in [-0.05, 0) is 43.5 Å². The minimum absolute atomic E-state index is 0.0363. The molecule has 2 aromatic carbocycles. The second kappa shape index (κ2) is 3.89. The smallest absolute Gasteiger partial charge is 0.194 e. The van der Waals surface area contributed by atoms with Crippen molar-refractivity contribution in [3.05, 3.63) is 69.3 Å². The number of aryl methyl sites for hydroxylation is 1. The summed E-state index contributed by atoms with van der Waals surface area (Å²) < 4.78 is 0. The lowest BCUT2D eigenvalue weighted by atomic mass is 9.80. The predicted molar refractivity (Wildman–Crippen MR) is 74.0 cm³/mol. The van der Waals surface area contributed by atoms with Crippen molar-refractivity contribution >= 4 is 11.6 Å². The lowest BCUT2D eigenvalue weighted by molar-refractivity contribution is 0.0978. The van der Waals surface area contributed by atoms with Gasteiger partial charge in [-0.3, -0.25) is 9.59 Å². The van der Waals surface area contributed by atoms with E-state index in [1.165, 1.54) is 0 Å². The molecule has 0 radical (unpaired) electrons. The van der Waals surface area contributed by atoms with Crippen molar-refractivity contribution in [1.29, 1.82) is 0 Å². The first-order valence-corrected chi connectivity index (χ1v) is 6.31. The summed E-state index contributed by atoms with van der Waals surface area (Å²) in [4.78, 5) is 25.1. The van der Waals surface area contributed by atoms with Crippen LogP contribution in [0.5, 0.6) is 0 Å². The van der Waals surface area contributed by atoms with Gasteiger partial charge in [0.25, 0.3) is 0 Å². The van der Waals surface area contributed by atoms with Crippen LogP contribution in [0.15, 0.2) is 30.3 Å². The van der Waals surface area contributed by atoms with E-state index in [9.17, 15) is 9.59 Å². The lowest BCUT2D eigenvalue weighted by Gasteiger charge is -2.21. The van der Waals surface area contributed by atoms with E-state index in [1.54, 1.807) is 24.3 Å². The maximum Gasteiger partial charge on any atom is 0.194 e. The molecule has 0 saturated carbocycles. The molecule has 2 heteroatoms. The molecule has 0 amide bonds. The lowest BCUT2D eigenvalue weighted by Crippen LogP contribution is -2.22. The Bertz CT molecular complexity index is 739. The van der Waals surface area contributed by atoms with Crippen LogP contribution in [0.2, 0.25) is 0 Å². The second-order valence-electron chi connectivity index (χ2n) is 5.07. The molecular weight excluding hydrogens is 236 g/mol. The van der Waals surface area contributed by atoms with Gasteiger partial charge in [-0.25, -0.2) is 0 Å². The minimum atomic E-state index is -0.0450. The zero-order chi connectivity index (χ0) is 13.7. The maximum absolute atomic E-state index is 12.6. The molecule has 0 aromatic heterocycles. The van der Waals surface area contributed by atoms with Crippen LogP contribution in [0.4, 0.5) is 0 Å². The third kappa shape index (κ3) is 1.49. The van der Waals surface area contributed by atoms with Gasteiger partial charge in [0.1, 0.15) is 0 Å². The monoisotopic (exact) mass is 250 g/mol. The highest BCUT2D eigenvalue weighted by Crippen LogP contribution is 2.31. The van der Waals surface area contributed by atoms with Crippen LogP contribution < -0.4 is 0 Å². The Kier molecular flexibility index (Phi) is 2.42. The van der Waals surface area contributed by atoms with Crippen molar-refractivity contribution in [2.75, 3.05) is 0 Å². The van der Waals surface area contributed by atoms with Crippen LogP contribution in [0.3, 0.4) is 0 Å². The normalized spacial score (nSPS) is 13.2. The molecule has 0 bridgehead atoms. The molecular formula is C17H14O2. The van der Waals surface area contributed by atoms with Gasteiger partial charge >= 0.3 is 0 Å². The summed E-state index contributed by atoms with van der Waals surface area (Å²) in [6, 6.07) is 8.89. The van der Waals surface area contributed by atoms with E-state index in [1.807, 2.05) is 26.8 Å². The van der Waals surface area contributed by atoms with E-state index < -0.39 is 0 Å². The summed E-state index contributed by atoms with van der Waals surface area (Å²) in [5, 5.41) is 0. The van der Waals surface area contributed by atoms with Gasteiger partial charge in [-0.1, -0.05) is 24.3 Å². The fourth-order valence-electron chi connectivity index (χ4n) is 2.71. The van der Waals surface area contributed by atoms with Crippen molar-refractivity contribution in [3.63, 3.8) is 0 Å². The highest BCUT2D eigenvalue weighted by Gasteiger charge is 2.31. The van der Waals surface area contributed by atoms with Crippen molar-refractivity contribution in [1.82, 2.24) is 0 Å². The summed E-state index contributed by atoms with van der Waals surface area (Å²) in [5.41, 5.74) is 5.21. The molecule has 1 aliphatic carbocycles. The van der Waals surface area contributed by atoms with Gasteiger partial charge in [-0.2, -0.15) is 0 Å². The molecule has 2 aromatic rings. The SMILES string of the molecule is Cc1cc2c(c(C)c1C)C(=O)c1ccccc1C2=O. The van der Waals surface area contributed by atoms with Crippen LogP contribution in [0.1, 0.15) is 48.5 Å². The number of rotatable bonds is 0. The minimum Gasteiger partial charge on any atom is -0.289 e. The Hall–Kier alpha value is -2.22. The van der Waals surface area contributed by atoms with E-state index >= 15 is 0 Å². The van der Waals surface area contributed by atoms with E-state index in [0.717, 1.165) is 16.7 Å². The topological polar surface area (TPSA) is 34.1 Å². The molecule has 19 heavy (non-hydrogen) atoms. The Morgan fingerprint density at radius 3 is 1.95 bits per heavy atom. The Morgan fingerprint density at radius 1 is 0.737 bits per heavy atom. The van der Waals surface area contributed by atoms with Gasteiger partial charge in [0.05, 0.1) is 0 Å². The molecule has 0 atom stereocenters. The molecule has 0 N–H and O–H groups in total. The van der Waals surface area contributed by atoms with Crippen LogP contribution in [-0.4, -0.2) is 11.6 Å². The molecule has 0 fully saturated rings. The molecule has 3 rings (SSSR count). The average Bonchev–Trinajstić information content (AvgIpc) is 2.42. The zero-order valence-corrected chi connectivity index (χ0v) is 11.2. The largest absolute Gasteiger partial charge is 0.289 e. The summed E-state index contributed by atoms with van der Waals surface area (Å²) in [6.45, 7) is 5.88. The van der Waals surface area contributed by atoms with Gasteiger partial charge in [0, 0.05) is 22.3 Å². The zero-order valence-electron chi connectivity index (χ0n) is 11.2. The summed E-state index contributed by atoms with van der Waals surface area (Å²) >= 11 is 0. The van der Waals surface area contributed by atoms with Crippen LogP contribution >= 0.6 is 0 Å². The van der Waals surface area contributed by atoms with E-state index in [-0.39, 0.29) is 11.6 Å². The Labute approximate surface area is 112 Å². The number of hydrogen-bond acceptors (Lipinski definition) is 2. The highest BCUT2D eigenvalue weighted by atomic mass is 16.1. The number of hydrogen-bond donors (Lipinski definition) is 0. The van der Waals surface area contributed by atoms with E-state index in [2.05, 4.69) is 0 Å². The fraction of sp³-hybridized carbons (Fsp3) is 0.176. The first-order chi connectivity index (χ1) is 9.02. The number of carbonyl (C=O) groups excluding carboxylic acids is 2. The second-order valence-corrected chi connectivity index (χ2v) is 5.07. The summed E-state index contributed by atoms with van der Waals surface area (Å²) in [5.74, 6) is -0.0813.